The lowest BCUT2D eigenvalue weighted by molar-refractivity contribution is 0.219. The molecule has 1 saturated heterocycles. The third-order valence-electron chi connectivity index (χ3n) is 3.17. The van der Waals surface area contributed by atoms with Gasteiger partial charge in [0.1, 0.15) is 12.1 Å². The number of rotatable bonds is 4. The molecule has 0 aliphatic carbocycles. The Bertz CT molecular complexity index is 490. The van der Waals surface area contributed by atoms with Gasteiger partial charge in [0.2, 0.25) is 0 Å². The summed E-state index contributed by atoms with van der Waals surface area (Å²) in [6.45, 7) is 3.95. The van der Waals surface area contributed by atoms with Gasteiger partial charge in [-0.05, 0) is 7.05 Å². The van der Waals surface area contributed by atoms with Crippen molar-refractivity contribution in [2.45, 2.75) is 0 Å². The summed E-state index contributed by atoms with van der Waals surface area (Å²) in [7, 11) is 2.11. The quantitative estimate of drug-likeness (QED) is 0.387. The fourth-order valence-corrected chi connectivity index (χ4v) is 1.92. The third-order valence-corrected chi connectivity index (χ3v) is 3.17. The van der Waals surface area contributed by atoms with Crippen LogP contribution in [0.15, 0.2) is 45.7 Å². The molecule has 0 spiro atoms. The molecule has 1 aliphatic rings. The summed E-state index contributed by atoms with van der Waals surface area (Å²) in [6, 6.07) is 9.52. The summed E-state index contributed by atoms with van der Waals surface area (Å²) in [5, 5.41) is 19.9. The van der Waals surface area contributed by atoms with Gasteiger partial charge in [-0.15, -0.1) is 10.2 Å². The molecule has 0 saturated carbocycles. The van der Waals surface area contributed by atoms with Crippen LogP contribution in [0.4, 0.5) is 0 Å². The summed E-state index contributed by atoms with van der Waals surface area (Å²) in [6.07, 6.45) is 3.03. The first-order valence-corrected chi connectivity index (χ1v) is 6.56. The average Bonchev–Trinajstić information content (AvgIpc) is 2.49. The molecule has 1 heterocycles. The van der Waals surface area contributed by atoms with E-state index in [0.717, 1.165) is 31.7 Å². The number of piperazine rings is 1. The predicted octanol–water partition coefficient (Wildman–Crippen LogP) is 1.13. The van der Waals surface area contributed by atoms with Crippen LogP contribution in [0.2, 0.25) is 0 Å². The van der Waals surface area contributed by atoms with Gasteiger partial charge in [-0.2, -0.15) is 0 Å². The molecule has 0 atom stereocenters. The molecule has 6 nitrogen and oxygen atoms in total. The van der Waals surface area contributed by atoms with E-state index in [-0.39, 0.29) is 0 Å². The van der Waals surface area contributed by atoms with E-state index in [0.29, 0.717) is 5.71 Å². The van der Waals surface area contributed by atoms with E-state index in [1.54, 1.807) is 6.34 Å². The summed E-state index contributed by atoms with van der Waals surface area (Å²) in [5.74, 6) is 0. The Morgan fingerprint density at radius 3 is 2.50 bits per heavy atom. The molecule has 1 aromatic carbocycles. The molecule has 0 amide bonds. The number of benzene rings is 1. The maximum Gasteiger partial charge on any atom is 0.115 e. The number of likely N-dealkylation sites (N-methyl/N-ethyl adjacent to an activating group) is 1. The lowest BCUT2D eigenvalue weighted by Gasteiger charge is -2.30. The summed E-state index contributed by atoms with van der Waals surface area (Å²) >= 11 is 0. The Morgan fingerprint density at radius 1 is 1.15 bits per heavy atom. The Morgan fingerprint density at radius 2 is 1.85 bits per heavy atom. The van der Waals surface area contributed by atoms with Gasteiger partial charge in [0.25, 0.3) is 0 Å². The first-order chi connectivity index (χ1) is 9.79. The first-order valence-electron chi connectivity index (χ1n) is 6.56. The van der Waals surface area contributed by atoms with Gasteiger partial charge in [-0.1, -0.05) is 35.5 Å². The van der Waals surface area contributed by atoms with Crippen LogP contribution in [0.5, 0.6) is 0 Å². The molecule has 0 bridgehead atoms. The van der Waals surface area contributed by atoms with Crippen LogP contribution >= 0.6 is 0 Å². The zero-order chi connectivity index (χ0) is 14.2. The highest BCUT2D eigenvalue weighted by Gasteiger charge is 2.10. The van der Waals surface area contributed by atoms with Crippen molar-refractivity contribution in [1.29, 1.82) is 0 Å². The Balaban J connectivity index is 2.03. The van der Waals surface area contributed by atoms with E-state index in [9.17, 15) is 0 Å². The van der Waals surface area contributed by atoms with E-state index >= 15 is 0 Å². The number of oxime groups is 1. The van der Waals surface area contributed by atoms with Gasteiger partial charge in [0.15, 0.2) is 0 Å². The van der Waals surface area contributed by atoms with Crippen molar-refractivity contribution in [2.24, 2.45) is 15.4 Å². The van der Waals surface area contributed by atoms with Crippen LogP contribution in [-0.2, 0) is 0 Å². The molecule has 2 rings (SSSR count). The van der Waals surface area contributed by atoms with Crippen molar-refractivity contribution in [1.82, 2.24) is 9.80 Å². The highest BCUT2D eigenvalue weighted by Crippen LogP contribution is 2.01. The summed E-state index contributed by atoms with van der Waals surface area (Å²) < 4.78 is 0. The van der Waals surface area contributed by atoms with Crippen LogP contribution < -0.4 is 0 Å². The molecule has 0 radical (unpaired) electrons. The molecule has 0 aromatic heterocycles. The van der Waals surface area contributed by atoms with Gasteiger partial charge in [0.05, 0.1) is 6.21 Å². The summed E-state index contributed by atoms with van der Waals surface area (Å²) in [4.78, 5) is 4.41. The molecule has 0 unspecified atom stereocenters. The Hall–Kier alpha value is -2.21. The first kappa shape index (κ1) is 14.2. The van der Waals surface area contributed by atoms with Gasteiger partial charge in [-0.25, -0.2) is 0 Å². The van der Waals surface area contributed by atoms with E-state index in [2.05, 4.69) is 32.2 Å². The smallest absolute Gasteiger partial charge is 0.115 e. The fraction of sp³-hybridized carbons (Fsp3) is 0.357. The topological polar surface area (TPSA) is 63.8 Å². The Kier molecular flexibility index (Phi) is 5.25. The van der Waals surface area contributed by atoms with Crippen molar-refractivity contribution >= 4 is 18.3 Å². The van der Waals surface area contributed by atoms with Crippen molar-refractivity contribution < 1.29 is 5.21 Å². The lowest BCUT2D eigenvalue weighted by atomic mass is 10.1. The highest BCUT2D eigenvalue weighted by atomic mass is 16.4. The van der Waals surface area contributed by atoms with Crippen molar-refractivity contribution in [3.05, 3.63) is 35.9 Å². The second-order valence-electron chi connectivity index (χ2n) is 4.67. The van der Waals surface area contributed by atoms with Crippen molar-refractivity contribution in [2.75, 3.05) is 33.2 Å². The second-order valence-corrected chi connectivity index (χ2v) is 4.67. The number of hydrogen-bond acceptors (Lipinski definition) is 5. The molecule has 106 valence electrons. The molecule has 1 N–H and O–H groups in total. The molecule has 1 aromatic rings. The van der Waals surface area contributed by atoms with Crippen LogP contribution in [0.3, 0.4) is 0 Å². The maximum atomic E-state index is 8.70. The van der Waals surface area contributed by atoms with E-state index in [4.69, 9.17) is 5.21 Å². The molecule has 1 fully saturated rings. The molecular weight excluding hydrogens is 254 g/mol. The largest absolute Gasteiger partial charge is 0.411 e. The molecule has 1 aliphatic heterocycles. The standard InChI is InChI=1S/C14H19N5O/c1-18-7-9-19(10-8-18)12-15-17-14(11-16-20)13-5-3-2-4-6-13/h2-6,11-12,20H,7-10H2,1H3/b15-12-,16-11+,17-14-. The second kappa shape index (κ2) is 7.40. The minimum absolute atomic E-state index is 0.526. The van der Waals surface area contributed by atoms with Crippen molar-refractivity contribution in [3.63, 3.8) is 0 Å². The van der Waals surface area contributed by atoms with Crippen LogP contribution in [0, 0.1) is 0 Å². The molecule has 6 heteroatoms. The maximum absolute atomic E-state index is 8.70. The highest BCUT2D eigenvalue weighted by molar-refractivity contribution is 6.38. The number of nitrogens with zero attached hydrogens (tertiary/aromatic N) is 5. The predicted molar refractivity (Wildman–Crippen MR) is 80.8 cm³/mol. The summed E-state index contributed by atoms with van der Waals surface area (Å²) in [5.41, 5.74) is 1.39. The lowest BCUT2D eigenvalue weighted by Crippen LogP contribution is -2.43. The van der Waals surface area contributed by atoms with E-state index < -0.39 is 0 Å². The van der Waals surface area contributed by atoms with E-state index in [1.165, 1.54) is 6.21 Å². The normalized spacial score (nSPS) is 18.2. The Labute approximate surface area is 118 Å². The van der Waals surface area contributed by atoms with Gasteiger partial charge in [-0.3, -0.25) is 0 Å². The minimum Gasteiger partial charge on any atom is -0.411 e. The van der Waals surface area contributed by atoms with E-state index in [1.807, 2.05) is 30.3 Å². The monoisotopic (exact) mass is 273 g/mol. The van der Waals surface area contributed by atoms with Gasteiger partial charge in [0, 0.05) is 31.7 Å². The molecule has 20 heavy (non-hydrogen) atoms. The third kappa shape index (κ3) is 4.17. The zero-order valence-electron chi connectivity index (χ0n) is 11.6. The van der Waals surface area contributed by atoms with Crippen LogP contribution in [-0.4, -0.2) is 66.5 Å². The van der Waals surface area contributed by atoms with Crippen LogP contribution in [0.1, 0.15) is 5.56 Å². The minimum atomic E-state index is 0.526. The SMILES string of the molecule is CN1CCN(\C=N/N=C(/C=N/O)c2ccccc2)CC1. The average molecular weight is 273 g/mol. The van der Waals surface area contributed by atoms with Crippen molar-refractivity contribution in [3.8, 4) is 0 Å². The zero-order valence-corrected chi connectivity index (χ0v) is 11.6. The number of hydrogen-bond donors (Lipinski definition) is 1. The van der Waals surface area contributed by atoms with Gasteiger partial charge < -0.3 is 15.0 Å². The van der Waals surface area contributed by atoms with Gasteiger partial charge >= 0.3 is 0 Å². The molecular formula is C14H19N5O. The van der Waals surface area contributed by atoms with Crippen LogP contribution in [0.25, 0.3) is 0 Å². The fourth-order valence-electron chi connectivity index (χ4n) is 1.92.